The predicted molar refractivity (Wildman–Crippen MR) is 51.0 cm³/mol. The van der Waals surface area contributed by atoms with Crippen LogP contribution in [0, 0.1) is 11.7 Å². The van der Waals surface area contributed by atoms with Crippen LogP contribution in [0.4, 0.5) is 8.78 Å². The maximum Gasteiger partial charge on any atom is 0.151 e. The van der Waals surface area contributed by atoms with Crippen LogP contribution in [-0.2, 0) is 5.67 Å². The highest BCUT2D eigenvalue weighted by Gasteiger charge is 2.46. The van der Waals surface area contributed by atoms with E-state index in [-0.39, 0.29) is 12.5 Å². The maximum atomic E-state index is 14.3. The molecule has 0 heterocycles. The van der Waals surface area contributed by atoms with Crippen molar-refractivity contribution in [1.82, 2.24) is 0 Å². The van der Waals surface area contributed by atoms with E-state index in [9.17, 15) is 8.78 Å². The van der Waals surface area contributed by atoms with Crippen molar-refractivity contribution in [2.75, 3.05) is 6.54 Å². The zero-order valence-corrected chi connectivity index (χ0v) is 7.84. The highest BCUT2D eigenvalue weighted by Crippen LogP contribution is 2.47. The van der Waals surface area contributed by atoms with Crippen LogP contribution >= 0.6 is 0 Å². The number of halogens is 2. The largest absolute Gasteiger partial charge is 0.327 e. The molecule has 1 unspecified atom stereocenters. The number of alkyl halides is 1. The molecular formula is C11H13F2N. The van der Waals surface area contributed by atoms with Crippen LogP contribution in [0.1, 0.15) is 18.4 Å². The average molecular weight is 197 g/mol. The molecule has 14 heavy (non-hydrogen) atoms. The lowest BCUT2D eigenvalue weighted by atomic mass is 9.91. The van der Waals surface area contributed by atoms with Gasteiger partial charge in [0.2, 0.25) is 0 Å². The third-order valence-electron chi connectivity index (χ3n) is 2.83. The highest BCUT2D eigenvalue weighted by molar-refractivity contribution is 5.26. The van der Waals surface area contributed by atoms with Crippen LogP contribution in [0.5, 0.6) is 0 Å². The summed E-state index contributed by atoms with van der Waals surface area (Å²) < 4.78 is 27.2. The second-order valence-electron chi connectivity index (χ2n) is 3.85. The van der Waals surface area contributed by atoms with Crippen LogP contribution in [-0.4, -0.2) is 6.54 Å². The first-order valence-electron chi connectivity index (χ1n) is 4.82. The number of nitrogens with two attached hydrogens (primary N) is 1. The fraction of sp³-hybridized carbons (Fsp3) is 0.455. The quantitative estimate of drug-likeness (QED) is 0.790. The van der Waals surface area contributed by atoms with Gasteiger partial charge in [-0.1, -0.05) is 12.1 Å². The molecule has 0 aliphatic heterocycles. The highest BCUT2D eigenvalue weighted by atomic mass is 19.1. The minimum absolute atomic E-state index is 0.0192. The Bertz CT molecular complexity index is 336. The van der Waals surface area contributed by atoms with Gasteiger partial charge in [0.25, 0.3) is 0 Å². The monoisotopic (exact) mass is 197 g/mol. The molecule has 2 rings (SSSR count). The molecule has 1 aliphatic carbocycles. The van der Waals surface area contributed by atoms with E-state index in [4.69, 9.17) is 5.73 Å². The average Bonchev–Trinajstić information content (AvgIpc) is 3.00. The van der Waals surface area contributed by atoms with Crippen LogP contribution < -0.4 is 5.73 Å². The first-order chi connectivity index (χ1) is 6.66. The molecule has 1 aliphatic rings. The molecule has 1 atom stereocenters. The van der Waals surface area contributed by atoms with Crippen molar-refractivity contribution in [3.05, 3.63) is 35.6 Å². The molecule has 0 aromatic heterocycles. The Balaban J connectivity index is 2.35. The molecular weight excluding hydrogens is 184 g/mol. The molecule has 2 N–H and O–H groups in total. The fourth-order valence-corrected chi connectivity index (χ4v) is 1.81. The summed E-state index contributed by atoms with van der Waals surface area (Å²) in [4.78, 5) is 0. The first-order valence-corrected chi connectivity index (χ1v) is 4.82. The molecule has 0 bridgehead atoms. The van der Waals surface area contributed by atoms with Gasteiger partial charge < -0.3 is 5.73 Å². The van der Waals surface area contributed by atoms with Gasteiger partial charge in [0.1, 0.15) is 5.82 Å². The summed E-state index contributed by atoms with van der Waals surface area (Å²) in [6.07, 6.45) is 1.70. The first kappa shape index (κ1) is 9.59. The topological polar surface area (TPSA) is 26.0 Å². The Morgan fingerprint density at radius 2 is 2.14 bits per heavy atom. The van der Waals surface area contributed by atoms with Crippen molar-refractivity contribution in [3.8, 4) is 0 Å². The Morgan fingerprint density at radius 3 is 2.64 bits per heavy atom. The van der Waals surface area contributed by atoms with Gasteiger partial charge in [-0.3, -0.25) is 0 Å². The molecule has 1 saturated carbocycles. The van der Waals surface area contributed by atoms with Gasteiger partial charge in [0, 0.05) is 6.54 Å². The van der Waals surface area contributed by atoms with Gasteiger partial charge in [-0.2, -0.15) is 0 Å². The predicted octanol–water partition coefficient (Wildman–Crippen LogP) is 2.36. The molecule has 1 fully saturated rings. The lowest BCUT2D eigenvalue weighted by Gasteiger charge is -2.23. The van der Waals surface area contributed by atoms with Gasteiger partial charge >= 0.3 is 0 Å². The van der Waals surface area contributed by atoms with Gasteiger partial charge in [-0.15, -0.1) is 0 Å². The van der Waals surface area contributed by atoms with Crippen molar-refractivity contribution in [3.63, 3.8) is 0 Å². The molecule has 0 radical (unpaired) electrons. The lowest BCUT2D eigenvalue weighted by molar-refractivity contribution is 0.142. The zero-order chi connectivity index (χ0) is 10.2. The van der Waals surface area contributed by atoms with E-state index >= 15 is 0 Å². The summed E-state index contributed by atoms with van der Waals surface area (Å²) in [5, 5.41) is 0. The maximum absolute atomic E-state index is 14.3. The van der Waals surface area contributed by atoms with Gasteiger partial charge in [-0.05, 0) is 36.5 Å². The van der Waals surface area contributed by atoms with Gasteiger partial charge in [0.15, 0.2) is 5.67 Å². The number of hydrogen-bond donors (Lipinski definition) is 1. The standard InChI is InChI=1S/C11H13F2N/c12-10-3-1-2-9(6-10)11(13,7-14)8-4-5-8/h1-3,6,8H,4-5,7,14H2. The van der Waals surface area contributed by atoms with Crippen LogP contribution in [0.25, 0.3) is 0 Å². The zero-order valence-electron chi connectivity index (χ0n) is 7.84. The molecule has 0 saturated heterocycles. The second kappa shape index (κ2) is 3.31. The third kappa shape index (κ3) is 1.52. The molecule has 0 spiro atoms. The van der Waals surface area contributed by atoms with E-state index in [1.165, 1.54) is 18.2 Å². The SMILES string of the molecule is NCC(F)(c1cccc(F)c1)C1CC1. The summed E-state index contributed by atoms with van der Waals surface area (Å²) in [6, 6.07) is 5.68. The minimum atomic E-state index is -1.53. The Morgan fingerprint density at radius 1 is 1.43 bits per heavy atom. The van der Waals surface area contributed by atoms with Crippen molar-refractivity contribution in [1.29, 1.82) is 0 Å². The molecule has 1 aromatic rings. The molecule has 76 valence electrons. The smallest absolute Gasteiger partial charge is 0.151 e. The van der Waals surface area contributed by atoms with Gasteiger partial charge in [-0.25, -0.2) is 8.78 Å². The number of rotatable bonds is 3. The Hall–Kier alpha value is -0.960. The summed E-state index contributed by atoms with van der Waals surface area (Å²) in [5.41, 5.74) is 4.28. The summed E-state index contributed by atoms with van der Waals surface area (Å²) in [6.45, 7) is -0.0683. The van der Waals surface area contributed by atoms with Crippen LogP contribution in [0.2, 0.25) is 0 Å². The van der Waals surface area contributed by atoms with Crippen LogP contribution in [0.3, 0.4) is 0 Å². The van der Waals surface area contributed by atoms with E-state index < -0.39 is 11.5 Å². The van der Waals surface area contributed by atoms with Crippen molar-refractivity contribution in [2.45, 2.75) is 18.5 Å². The van der Waals surface area contributed by atoms with E-state index in [1.807, 2.05) is 0 Å². The summed E-state index contributed by atoms with van der Waals surface area (Å²) >= 11 is 0. The Kier molecular flexibility index (Phi) is 2.27. The normalized spacial score (nSPS) is 20.5. The second-order valence-corrected chi connectivity index (χ2v) is 3.85. The molecule has 0 amide bonds. The van der Waals surface area contributed by atoms with E-state index in [0.29, 0.717) is 5.56 Å². The van der Waals surface area contributed by atoms with Crippen molar-refractivity contribution < 1.29 is 8.78 Å². The molecule has 1 nitrogen and oxygen atoms in total. The number of hydrogen-bond acceptors (Lipinski definition) is 1. The summed E-state index contributed by atoms with van der Waals surface area (Å²) in [7, 11) is 0. The molecule has 3 heteroatoms. The van der Waals surface area contributed by atoms with Gasteiger partial charge in [0.05, 0.1) is 0 Å². The van der Waals surface area contributed by atoms with Crippen LogP contribution in [0.15, 0.2) is 24.3 Å². The van der Waals surface area contributed by atoms with E-state index in [2.05, 4.69) is 0 Å². The molecule has 1 aromatic carbocycles. The number of benzene rings is 1. The van der Waals surface area contributed by atoms with E-state index in [1.54, 1.807) is 6.07 Å². The Labute approximate surface area is 81.9 Å². The van der Waals surface area contributed by atoms with E-state index in [0.717, 1.165) is 12.8 Å². The third-order valence-corrected chi connectivity index (χ3v) is 2.83. The summed E-state index contributed by atoms with van der Waals surface area (Å²) in [5.74, 6) is -0.423. The fourth-order valence-electron chi connectivity index (χ4n) is 1.81. The van der Waals surface area contributed by atoms with Crippen molar-refractivity contribution in [2.24, 2.45) is 11.7 Å². The van der Waals surface area contributed by atoms with Crippen molar-refractivity contribution >= 4 is 0 Å². The lowest BCUT2D eigenvalue weighted by Crippen LogP contribution is -2.32. The minimum Gasteiger partial charge on any atom is -0.327 e.